The zero-order chi connectivity index (χ0) is 16.0. The summed E-state index contributed by atoms with van der Waals surface area (Å²) in [6.07, 6.45) is -3.47. The van der Waals surface area contributed by atoms with Gasteiger partial charge >= 0.3 is 6.18 Å². The SMILES string of the molecule is COCCCNCc1ccc(-c2cccc(C(F)(F)F)c2)o1. The van der Waals surface area contributed by atoms with Gasteiger partial charge in [0.15, 0.2) is 0 Å². The van der Waals surface area contributed by atoms with Gasteiger partial charge < -0.3 is 14.5 Å². The van der Waals surface area contributed by atoms with Crippen LogP contribution >= 0.6 is 0 Å². The van der Waals surface area contributed by atoms with Crippen molar-refractivity contribution in [1.82, 2.24) is 5.32 Å². The van der Waals surface area contributed by atoms with Gasteiger partial charge in [-0.3, -0.25) is 0 Å². The molecule has 3 nitrogen and oxygen atoms in total. The number of furan rings is 1. The smallest absolute Gasteiger partial charge is 0.416 e. The summed E-state index contributed by atoms with van der Waals surface area (Å²) in [5.74, 6) is 1.12. The molecule has 0 radical (unpaired) electrons. The average Bonchev–Trinajstić information content (AvgIpc) is 2.95. The molecule has 0 amide bonds. The Morgan fingerprint density at radius 2 is 2.00 bits per heavy atom. The molecule has 1 aromatic heterocycles. The van der Waals surface area contributed by atoms with Crippen molar-refractivity contribution < 1.29 is 22.3 Å². The molecule has 0 spiro atoms. The lowest BCUT2D eigenvalue weighted by atomic mass is 10.1. The third kappa shape index (κ3) is 4.61. The Kier molecular flexibility index (Phi) is 5.63. The number of alkyl halides is 3. The highest BCUT2D eigenvalue weighted by atomic mass is 19.4. The van der Waals surface area contributed by atoms with Gasteiger partial charge in [0.2, 0.25) is 0 Å². The standard InChI is InChI=1S/C16H18F3NO2/c1-21-9-3-8-20-11-14-6-7-15(22-14)12-4-2-5-13(10-12)16(17,18)19/h2,4-7,10,20H,3,8-9,11H2,1H3. The lowest BCUT2D eigenvalue weighted by Crippen LogP contribution is -2.15. The first kappa shape index (κ1) is 16.6. The van der Waals surface area contributed by atoms with E-state index in [4.69, 9.17) is 9.15 Å². The van der Waals surface area contributed by atoms with E-state index in [0.717, 1.165) is 25.1 Å². The van der Waals surface area contributed by atoms with Crippen LogP contribution in [0.4, 0.5) is 13.2 Å². The molecule has 2 rings (SSSR count). The van der Waals surface area contributed by atoms with Crippen LogP contribution in [-0.2, 0) is 17.5 Å². The van der Waals surface area contributed by atoms with Crippen LogP contribution in [0, 0.1) is 0 Å². The Bertz CT molecular complexity index is 593. The Hall–Kier alpha value is -1.79. The molecule has 0 aliphatic heterocycles. The molecule has 120 valence electrons. The van der Waals surface area contributed by atoms with Gasteiger partial charge in [0, 0.05) is 19.3 Å². The summed E-state index contributed by atoms with van der Waals surface area (Å²) in [6.45, 7) is 2.00. The first-order valence-corrected chi connectivity index (χ1v) is 6.96. The monoisotopic (exact) mass is 313 g/mol. The minimum atomic E-state index is -4.35. The zero-order valence-electron chi connectivity index (χ0n) is 12.2. The van der Waals surface area contributed by atoms with Gasteiger partial charge in [-0.1, -0.05) is 12.1 Å². The maximum absolute atomic E-state index is 12.7. The third-order valence-corrected chi connectivity index (χ3v) is 3.14. The Labute approximate surface area is 127 Å². The number of hydrogen-bond donors (Lipinski definition) is 1. The van der Waals surface area contributed by atoms with Gasteiger partial charge in [0.1, 0.15) is 11.5 Å². The number of hydrogen-bond acceptors (Lipinski definition) is 3. The highest BCUT2D eigenvalue weighted by Gasteiger charge is 2.30. The number of nitrogens with one attached hydrogen (secondary N) is 1. The molecule has 0 bridgehead atoms. The van der Waals surface area contributed by atoms with Crippen molar-refractivity contribution in [2.45, 2.75) is 19.1 Å². The van der Waals surface area contributed by atoms with E-state index in [1.165, 1.54) is 6.07 Å². The predicted molar refractivity (Wildman–Crippen MR) is 77.3 cm³/mol. The molecule has 1 N–H and O–H groups in total. The van der Waals surface area contributed by atoms with Crippen molar-refractivity contribution in [3.8, 4) is 11.3 Å². The number of halogens is 3. The molecule has 22 heavy (non-hydrogen) atoms. The third-order valence-electron chi connectivity index (χ3n) is 3.14. The van der Waals surface area contributed by atoms with Crippen molar-refractivity contribution in [2.24, 2.45) is 0 Å². The van der Waals surface area contributed by atoms with Gasteiger partial charge in [-0.25, -0.2) is 0 Å². The fourth-order valence-corrected chi connectivity index (χ4v) is 2.03. The fraction of sp³-hybridized carbons (Fsp3) is 0.375. The molecule has 2 aromatic rings. The second kappa shape index (κ2) is 7.47. The number of benzene rings is 1. The van der Waals surface area contributed by atoms with E-state index >= 15 is 0 Å². The van der Waals surface area contributed by atoms with Crippen LogP contribution in [0.1, 0.15) is 17.7 Å². The molecule has 0 aliphatic carbocycles. The predicted octanol–water partition coefficient (Wildman–Crippen LogP) is 4.09. The van der Waals surface area contributed by atoms with Crippen molar-refractivity contribution in [1.29, 1.82) is 0 Å². The van der Waals surface area contributed by atoms with Gasteiger partial charge in [-0.2, -0.15) is 13.2 Å². The summed E-state index contributed by atoms with van der Waals surface area (Å²) in [4.78, 5) is 0. The molecule has 1 heterocycles. The maximum Gasteiger partial charge on any atom is 0.416 e. The second-order valence-electron chi connectivity index (χ2n) is 4.87. The summed E-state index contributed by atoms with van der Waals surface area (Å²) in [5, 5.41) is 3.18. The van der Waals surface area contributed by atoms with Crippen LogP contribution in [0.5, 0.6) is 0 Å². The van der Waals surface area contributed by atoms with Gasteiger partial charge in [-0.15, -0.1) is 0 Å². The largest absolute Gasteiger partial charge is 0.460 e. The number of ether oxygens (including phenoxy) is 1. The van der Waals surface area contributed by atoms with Crippen LogP contribution in [0.15, 0.2) is 40.8 Å². The first-order valence-electron chi connectivity index (χ1n) is 6.96. The molecule has 0 saturated heterocycles. The molecule has 0 aliphatic rings. The summed E-state index contributed by atoms with van der Waals surface area (Å²) in [7, 11) is 1.65. The topological polar surface area (TPSA) is 34.4 Å². The van der Waals surface area contributed by atoms with E-state index in [1.54, 1.807) is 25.3 Å². The average molecular weight is 313 g/mol. The van der Waals surface area contributed by atoms with Crippen LogP contribution in [0.2, 0.25) is 0 Å². The van der Waals surface area contributed by atoms with Crippen molar-refractivity contribution in [3.63, 3.8) is 0 Å². The fourth-order valence-electron chi connectivity index (χ4n) is 2.03. The summed E-state index contributed by atoms with van der Waals surface area (Å²) in [5.41, 5.74) is -0.263. The van der Waals surface area contributed by atoms with Crippen LogP contribution in [-0.4, -0.2) is 20.3 Å². The van der Waals surface area contributed by atoms with Crippen LogP contribution in [0.25, 0.3) is 11.3 Å². The molecule has 0 saturated carbocycles. The number of rotatable bonds is 7. The maximum atomic E-state index is 12.7. The van der Waals surface area contributed by atoms with E-state index in [2.05, 4.69) is 5.32 Å². The zero-order valence-corrected chi connectivity index (χ0v) is 12.2. The highest BCUT2D eigenvalue weighted by Crippen LogP contribution is 2.32. The molecular weight excluding hydrogens is 295 g/mol. The normalized spacial score (nSPS) is 11.8. The lowest BCUT2D eigenvalue weighted by molar-refractivity contribution is -0.137. The second-order valence-corrected chi connectivity index (χ2v) is 4.87. The summed E-state index contributed by atoms with van der Waals surface area (Å²) < 4.78 is 48.6. The number of methoxy groups -OCH3 is 1. The van der Waals surface area contributed by atoms with Crippen molar-refractivity contribution >= 4 is 0 Å². The molecule has 1 aromatic carbocycles. The Morgan fingerprint density at radius 1 is 1.18 bits per heavy atom. The molecule has 6 heteroatoms. The van der Waals surface area contributed by atoms with E-state index in [9.17, 15) is 13.2 Å². The molecular formula is C16H18F3NO2. The lowest BCUT2D eigenvalue weighted by Gasteiger charge is -2.07. The molecule has 0 unspecified atom stereocenters. The van der Waals surface area contributed by atoms with Crippen LogP contribution < -0.4 is 5.32 Å². The molecule has 0 atom stereocenters. The highest BCUT2D eigenvalue weighted by molar-refractivity contribution is 5.58. The minimum Gasteiger partial charge on any atom is -0.460 e. The van der Waals surface area contributed by atoms with Crippen LogP contribution in [0.3, 0.4) is 0 Å². The van der Waals surface area contributed by atoms with E-state index in [1.807, 2.05) is 0 Å². The Morgan fingerprint density at radius 3 is 2.73 bits per heavy atom. The van der Waals surface area contributed by atoms with E-state index in [-0.39, 0.29) is 0 Å². The van der Waals surface area contributed by atoms with Crippen molar-refractivity contribution in [3.05, 3.63) is 47.7 Å². The van der Waals surface area contributed by atoms with Gasteiger partial charge in [0.05, 0.1) is 12.1 Å². The van der Waals surface area contributed by atoms with Crippen molar-refractivity contribution in [2.75, 3.05) is 20.3 Å². The first-order chi connectivity index (χ1) is 10.5. The van der Waals surface area contributed by atoms with E-state index < -0.39 is 11.7 Å². The van der Waals surface area contributed by atoms with Gasteiger partial charge in [-0.05, 0) is 37.2 Å². The van der Waals surface area contributed by atoms with E-state index in [0.29, 0.717) is 30.2 Å². The quantitative estimate of drug-likeness (QED) is 0.782. The summed E-state index contributed by atoms with van der Waals surface area (Å²) >= 11 is 0. The Balaban J connectivity index is 1.99. The molecule has 0 fully saturated rings. The van der Waals surface area contributed by atoms with Gasteiger partial charge in [0.25, 0.3) is 0 Å². The summed E-state index contributed by atoms with van der Waals surface area (Å²) in [6, 6.07) is 8.56. The minimum absolute atomic E-state index is 0.417.